The van der Waals surface area contributed by atoms with Crippen LogP contribution in [0.5, 0.6) is 0 Å². The smallest absolute Gasteiger partial charge is 0.227 e. The zero-order valence-electron chi connectivity index (χ0n) is 19.4. The highest BCUT2D eigenvalue weighted by atomic mass is 16.2. The number of hydrogen-bond acceptors (Lipinski definition) is 4. The van der Waals surface area contributed by atoms with E-state index in [-0.39, 0.29) is 17.7 Å². The minimum Gasteiger partial charge on any atom is -0.336 e. The molecule has 3 aliphatic rings. The van der Waals surface area contributed by atoms with Crippen LogP contribution in [-0.4, -0.2) is 78.9 Å². The van der Waals surface area contributed by atoms with E-state index in [4.69, 9.17) is 0 Å². The van der Waals surface area contributed by atoms with Crippen LogP contribution in [0.3, 0.4) is 0 Å². The highest BCUT2D eigenvalue weighted by molar-refractivity contribution is 5.94. The first-order valence-electron chi connectivity index (χ1n) is 12.1. The molecule has 0 aliphatic carbocycles. The van der Waals surface area contributed by atoms with E-state index in [9.17, 15) is 9.59 Å². The van der Waals surface area contributed by atoms with Crippen molar-refractivity contribution < 1.29 is 9.59 Å². The normalized spacial score (nSPS) is 28.2. The fourth-order valence-electron chi connectivity index (χ4n) is 5.71. The molecule has 0 spiro atoms. The molecule has 2 saturated heterocycles. The number of likely N-dealkylation sites (N-methyl/N-ethyl adjacent to an activating group) is 1. The second-order valence-electron chi connectivity index (χ2n) is 9.69. The molecule has 170 valence electrons. The predicted molar refractivity (Wildman–Crippen MR) is 124 cm³/mol. The molecule has 2 amide bonds. The van der Waals surface area contributed by atoms with Crippen molar-refractivity contribution >= 4 is 17.5 Å². The Morgan fingerprint density at radius 1 is 0.968 bits per heavy atom. The summed E-state index contributed by atoms with van der Waals surface area (Å²) in [6.07, 6.45) is 5.92. The molecule has 3 heterocycles. The third kappa shape index (κ3) is 4.80. The summed E-state index contributed by atoms with van der Waals surface area (Å²) in [5.74, 6) is 0.527. The van der Waals surface area contributed by atoms with Gasteiger partial charge in [-0.15, -0.1) is 0 Å². The average molecular weight is 427 g/mol. The Kier molecular flexibility index (Phi) is 6.97. The van der Waals surface area contributed by atoms with E-state index in [1.54, 1.807) is 0 Å². The number of rotatable bonds is 2. The van der Waals surface area contributed by atoms with Gasteiger partial charge in [-0.1, -0.05) is 31.5 Å². The number of nitrogens with zero attached hydrogens (tertiary/aromatic N) is 4. The fraction of sp³-hybridized carbons (Fsp3) is 0.680. The van der Waals surface area contributed by atoms with Gasteiger partial charge in [-0.05, 0) is 58.0 Å². The SMILES string of the molecule is CCC(=O)N1CCC2CCCC(CN(C(=O)C3CCN(C)C3)Cc3ccccc31)N2C. The van der Waals surface area contributed by atoms with E-state index in [0.29, 0.717) is 25.0 Å². The maximum absolute atomic E-state index is 13.6. The van der Waals surface area contributed by atoms with Crippen LogP contribution in [0.4, 0.5) is 5.69 Å². The number of hydrogen-bond donors (Lipinski definition) is 0. The zero-order chi connectivity index (χ0) is 22.0. The van der Waals surface area contributed by atoms with E-state index in [2.05, 4.69) is 40.9 Å². The van der Waals surface area contributed by atoms with E-state index >= 15 is 0 Å². The number of carbonyl (C=O) groups excluding carboxylic acids is 2. The van der Waals surface area contributed by atoms with Crippen molar-refractivity contribution in [1.29, 1.82) is 0 Å². The average Bonchev–Trinajstić information content (AvgIpc) is 3.21. The maximum atomic E-state index is 13.6. The number of para-hydroxylation sites is 1. The summed E-state index contributed by atoms with van der Waals surface area (Å²) >= 11 is 0. The Bertz CT molecular complexity index is 797. The Balaban J connectivity index is 1.70. The minimum absolute atomic E-state index is 0.0837. The van der Waals surface area contributed by atoms with Crippen molar-refractivity contribution in [3.8, 4) is 0 Å². The molecule has 31 heavy (non-hydrogen) atoms. The molecule has 0 N–H and O–H groups in total. The zero-order valence-corrected chi connectivity index (χ0v) is 19.4. The molecule has 0 saturated carbocycles. The minimum atomic E-state index is 0.0837. The Morgan fingerprint density at radius 2 is 1.74 bits per heavy atom. The van der Waals surface area contributed by atoms with Crippen LogP contribution in [0.15, 0.2) is 24.3 Å². The van der Waals surface area contributed by atoms with Crippen LogP contribution in [0.2, 0.25) is 0 Å². The van der Waals surface area contributed by atoms with E-state index < -0.39 is 0 Å². The standard InChI is InChI=1S/C25H38N4O2/c1-4-24(30)29-15-13-21-9-7-10-22(27(21)3)18-28(17-19-8-5-6-11-23(19)29)25(31)20-12-14-26(2)16-20/h5-6,8,11,20-22H,4,7,9-10,12-18H2,1-3H3. The van der Waals surface area contributed by atoms with Crippen LogP contribution in [0.1, 0.15) is 51.0 Å². The summed E-state index contributed by atoms with van der Waals surface area (Å²) in [4.78, 5) is 35.4. The van der Waals surface area contributed by atoms with Crippen molar-refractivity contribution in [2.24, 2.45) is 5.92 Å². The molecule has 4 rings (SSSR count). The Hall–Kier alpha value is -1.92. The second kappa shape index (κ2) is 9.70. The maximum Gasteiger partial charge on any atom is 0.227 e. The number of likely N-dealkylation sites (tertiary alicyclic amines) is 1. The molecule has 0 radical (unpaired) electrons. The number of benzene rings is 1. The molecular formula is C25H38N4O2. The van der Waals surface area contributed by atoms with Gasteiger partial charge < -0.3 is 14.7 Å². The van der Waals surface area contributed by atoms with E-state index in [1.165, 1.54) is 12.8 Å². The quantitative estimate of drug-likeness (QED) is 0.730. The first-order valence-corrected chi connectivity index (χ1v) is 12.1. The number of amides is 2. The van der Waals surface area contributed by atoms with E-state index in [1.807, 2.05) is 24.0 Å². The number of fused-ring (bicyclic) bond motifs is 3. The van der Waals surface area contributed by atoms with Gasteiger partial charge in [0.05, 0.1) is 5.92 Å². The summed E-state index contributed by atoms with van der Waals surface area (Å²) in [6.45, 7) is 5.88. The molecule has 3 atom stereocenters. The van der Waals surface area contributed by atoms with Crippen LogP contribution >= 0.6 is 0 Å². The number of anilines is 1. The first-order chi connectivity index (χ1) is 15.0. The van der Waals surface area contributed by atoms with Gasteiger partial charge in [0.15, 0.2) is 0 Å². The van der Waals surface area contributed by atoms with Gasteiger partial charge in [-0.3, -0.25) is 14.5 Å². The molecule has 1 aromatic carbocycles. The summed E-state index contributed by atoms with van der Waals surface area (Å²) in [5, 5.41) is 0. The van der Waals surface area contributed by atoms with Crippen LogP contribution in [0, 0.1) is 5.92 Å². The highest BCUT2D eigenvalue weighted by Crippen LogP contribution is 2.31. The highest BCUT2D eigenvalue weighted by Gasteiger charge is 2.35. The van der Waals surface area contributed by atoms with Crippen molar-refractivity contribution in [3.05, 3.63) is 29.8 Å². The summed E-state index contributed by atoms with van der Waals surface area (Å²) in [5.41, 5.74) is 2.07. The molecule has 0 aromatic heterocycles. The first kappa shape index (κ1) is 22.3. The molecule has 2 fully saturated rings. The lowest BCUT2D eigenvalue weighted by atomic mass is 9.93. The third-order valence-corrected chi connectivity index (χ3v) is 7.64. The van der Waals surface area contributed by atoms with Crippen LogP contribution in [-0.2, 0) is 16.1 Å². The fourth-order valence-corrected chi connectivity index (χ4v) is 5.71. The van der Waals surface area contributed by atoms with Gasteiger partial charge in [0.25, 0.3) is 0 Å². The lowest BCUT2D eigenvalue weighted by molar-refractivity contribution is -0.137. The number of carbonyl (C=O) groups is 2. The largest absolute Gasteiger partial charge is 0.336 e. The van der Waals surface area contributed by atoms with Crippen molar-refractivity contribution in [3.63, 3.8) is 0 Å². The Labute approximate surface area is 187 Å². The summed E-state index contributed by atoms with van der Waals surface area (Å²) < 4.78 is 0. The van der Waals surface area contributed by atoms with Crippen LogP contribution < -0.4 is 4.90 Å². The number of piperidine rings is 1. The molecule has 6 nitrogen and oxygen atoms in total. The van der Waals surface area contributed by atoms with Gasteiger partial charge in [0.1, 0.15) is 0 Å². The molecule has 3 unspecified atom stereocenters. The summed E-state index contributed by atoms with van der Waals surface area (Å²) in [7, 11) is 4.32. The molecule has 1 aromatic rings. The Morgan fingerprint density at radius 3 is 2.48 bits per heavy atom. The van der Waals surface area contributed by atoms with Gasteiger partial charge in [-0.2, -0.15) is 0 Å². The molecule has 2 bridgehead atoms. The van der Waals surface area contributed by atoms with Gasteiger partial charge >= 0.3 is 0 Å². The van der Waals surface area contributed by atoms with Gasteiger partial charge in [0.2, 0.25) is 11.8 Å². The molecule has 6 heteroatoms. The second-order valence-corrected chi connectivity index (χ2v) is 9.69. The topological polar surface area (TPSA) is 47.1 Å². The molecule has 3 aliphatic heterocycles. The van der Waals surface area contributed by atoms with Gasteiger partial charge in [-0.25, -0.2) is 0 Å². The van der Waals surface area contributed by atoms with Crippen molar-refractivity contribution in [2.75, 3.05) is 45.2 Å². The van der Waals surface area contributed by atoms with Crippen LogP contribution in [0.25, 0.3) is 0 Å². The van der Waals surface area contributed by atoms with Gasteiger partial charge in [0, 0.05) is 50.4 Å². The predicted octanol–water partition coefficient (Wildman–Crippen LogP) is 2.97. The molecular weight excluding hydrogens is 388 g/mol. The van der Waals surface area contributed by atoms with Crippen molar-refractivity contribution in [1.82, 2.24) is 14.7 Å². The van der Waals surface area contributed by atoms with Crippen molar-refractivity contribution in [2.45, 2.75) is 64.1 Å². The lowest BCUT2D eigenvalue weighted by Crippen LogP contribution is -2.51. The monoisotopic (exact) mass is 426 g/mol. The summed E-state index contributed by atoms with van der Waals surface area (Å²) in [6, 6.07) is 9.05. The van der Waals surface area contributed by atoms with E-state index in [0.717, 1.165) is 56.7 Å². The third-order valence-electron chi connectivity index (χ3n) is 7.64. The lowest BCUT2D eigenvalue weighted by Gasteiger charge is -2.42.